The molecule has 196 valence electrons. The fourth-order valence-corrected chi connectivity index (χ4v) is 4.91. The molecule has 5 rings (SSSR count). The van der Waals surface area contributed by atoms with Crippen LogP contribution >= 0.6 is 11.6 Å². The molecule has 2 heterocycles. The van der Waals surface area contributed by atoms with Crippen molar-refractivity contribution in [2.75, 3.05) is 18.9 Å². The Morgan fingerprint density at radius 1 is 1.03 bits per heavy atom. The zero-order valence-corrected chi connectivity index (χ0v) is 22.7. The van der Waals surface area contributed by atoms with Gasteiger partial charge in [0.15, 0.2) is 5.15 Å². The first-order valence-corrected chi connectivity index (χ1v) is 13.0. The number of ether oxygens (including phenoxy) is 1. The number of nitrogen functional groups attached to an aromatic ring is 1. The molecule has 0 unspecified atom stereocenters. The lowest BCUT2D eigenvalue weighted by molar-refractivity contribution is 0.00578. The highest BCUT2D eigenvalue weighted by atomic mass is 35.5. The van der Waals surface area contributed by atoms with E-state index in [4.69, 9.17) is 31.4 Å². The average molecular weight is 532 g/mol. The Morgan fingerprint density at radius 2 is 1.61 bits per heavy atom. The van der Waals surface area contributed by atoms with Crippen molar-refractivity contribution >= 4 is 36.6 Å². The number of amides is 1. The number of aromatic nitrogens is 1. The number of anilines is 1. The molecular weight excluding hydrogens is 501 g/mol. The first-order chi connectivity index (χ1) is 18.1. The van der Waals surface area contributed by atoms with Crippen LogP contribution < -0.4 is 11.1 Å². The summed E-state index contributed by atoms with van der Waals surface area (Å²) in [5, 5.41) is 3.06. The quantitative estimate of drug-likeness (QED) is 0.305. The van der Waals surface area contributed by atoms with Crippen molar-refractivity contribution in [3.8, 4) is 11.1 Å². The van der Waals surface area contributed by atoms with Gasteiger partial charge < -0.3 is 25.1 Å². The van der Waals surface area contributed by atoms with Crippen molar-refractivity contribution in [2.24, 2.45) is 0 Å². The van der Waals surface area contributed by atoms with Gasteiger partial charge in [-0.1, -0.05) is 60.1 Å². The number of hydrogen-bond acceptors (Lipinski definition) is 6. The molecule has 1 amide bonds. The van der Waals surface area contributed by atoms with E-state index in [1.807, 2.05) is 52.0 Å². The summed E-state index contributed by atoms with van der Waals surface area (Å²) in [4.78, 5) is 17.2. The number of fused-ring (bicyclic) bond motifs is 3. The van der Waals surface area contributed by atoms with Crippen molar-refractivity contribution in [1.82, 2.24) is 10.3 Å². The lowest BCUT2D eigenvalue weighted by Gasteiger charge is -2.32. The first kappa shape index (κ1) is 26.3. The molecule has 1 fully saturated rings. The molecule has 9 heteroatoms. The first-order valence-electron chi connectivity index (χ1n) is 12.6. The number of carbonyl (C=O) groups excluding carboxylic acids is 1. The van der Waals surface area contributed by atoms with E-state index in [9.17, 15) is 4.79 Å². The standard InChI is InChI=1S/C29H31BClN3O4/c1-28(2)29(3,4)38-30(37-28)18(15-19-13-14-25(32)26(31)34-19)16-33-27(35)36-17-24-22-11-7-5-9-20(22)21-10-6-8-12-23(21)24/h5-15,24H,16-17,32H2,1-4H3,(H,33,35). The van der Waals surface area contributed by atoms with Crippen molar-refractivity contribution in [1.29, 1.82) is 0 Å². The van der Waals surface area contributed by atoms with E-state index in [0.717, 1.165) is 11.1 Å². The Balaban J connectivity index is 1.30. The zero-order chi connectivity index (χ0) is 27.1. The van der Waals surface area contributed by atoms with Crippen LogP contribution in [0.3, 0.4) is 0 Å². The van der Waals surface area contributed by atoms with Gasteiger partial charge in [0.2, 0.25) is 0 Å². The van der Waals surface area contributed by atoms with Gasteiger partial charge in [-0.2, -0.15) is 0 Å². The number of benzene rings is 2. The van der Waals surface area contributed by atoms with Gasteiger partial charge in [-0.3, -0.25) is 0 Å². The van der Waals surface area contributed by atoms with Gasteiger partial charge in [0.1, 0.15) is 6.61 Å². The predicted molar refractivity (Wildman–Crippen MR) is 151 cm³/mol. The topological polar surface area (TPSA) is 95.7 Å². The summed E-state index contributed by atoms with van der Waals surface area (Å²) in [7, 11) is -0.688. The Labute approximate surface area is 228 Å². The summed E-state index contributed by atoms with van der Waals surface area (Å²) in [6.07, 6.45) is 1.26. The maximum Gasteiger partial charge on any atom is 0.492 e. The molecule has 1 aromatic heterocycles. The van der Waals surface area contributed by atoms with Crippen molar-refractivity contribution in [3.05, 3.63) is 88.1 Å². The Hall–Kier alpha value is -3.33. The minimum Gasteiger partial charge on any atom is -0.449 e. The van der Waals surface area contributed by atoms with Crippen molar-refractivity contribution in [3.63, 3.8) is 0 Å². The lowest BCUT2D eigenvalue weighted by atomic mass is 9.77. The fourth-order valence-electron chi connectivity index (χ4n) is 4.75. The van der Waals surface area contributed by atoms with E-state index in [1.165, 1.54) is 11.1 Å². The molecule has 0 bridgehead atoms. The molecule has 0 atom stereocenters. The van der Waals surface area contributed by atoms with Gasteiger partial charge in [0, 0.05) is 12.5 Å². The molecule has 1 saturated heterocycles. The number of rotatable bonds is 6. The van der Waals surface area contributed by atoms with Crippen LogP contribution in [0.2, 0.25) is 5.15 Å². The number of nitrogens with zero attached hydrogens (tertiary/aromatic N) is 1. The molecule has 0 saturated carbocycles. The SMILES string of the molecule is CC1(C)OB(C(=Cc2ccc(N)c(Cl)n2)CNC(=O)OCC2c3ccccc3-c3ccccc32)OC1(C)C. The average Bonchev–Trinajstić information content (AvgIpc) is 3.31. The van der Waals surface area contributed by atoms with Crippen LogP contribution in [0.5, 0.6) is 0 Å². The van der Waals surface area contributed by atoms with Crippen molar-refractivity contribution in [2.45, 2.75) is 44.8 Å². The van der Waals surface area contributed by atoms with Crippen LogP contribution in [-0.2, 0) is 14.0 Å². The molecule has 2 aromatic carbocycles. The van der Waals surface area contributed by atoms with Gasteiger partial charge in [0.05, 0.1) is 22.6 Å². The Morgan fingerprint density at radius 3 is 2.18 bits per heavy atom. The third-order valence-electron chi connectivity index (χ3n) is 7.57. The number of halogens is 1. The Bertz CT molecular complexity index is 1350. The van der Waals surface area contributed by atoms with Gasteiger partial charge in [-0.05, 0) is 73.6 Å². The third-order valence-corrected chi connectivity index (χ3v) is 7.87. The molecule has 1 aliphatic heterocycles. The molecular formula is C29H31BClN3O4. The van der Waals surface area contributed by atoms with Crippen LogP contribution in [0.4, 0.5) is 10.5 Å². The van der Waals surface area contributed by atoms with Crippen LogP contribution in [0.1, 0.15) is 50.4 Å². The van der Waals surface area contributed by atoms with Gasteiger partial charge in [0.25, 0.3) is 0 Å². The number of nitrogens with two attached hydrogens (primary N) is 1. The largest absolute Gasteiger partial charge is 0.492 e. The second-order valence-electron chi connectivity index (χ2n) is 10.6. The van der Waals surface area contributed by atoms with Crippen LogP contribution in [0.15, 0.2) is 66.1 Å². The normalized spacial score (nSPS) is 17.7. The fraction of sp³-hybridized carbons (Fsp3) is 0.310. The minimum atomic E-state index is -0.688. The highest BCUT2D eigenvalue weighted by Crippen LogP contribution is 2.44. The van der Waals surface area contributed by atoms with Gasteiger partial charge in [-0.25, -0.2) is 9.78 Å². The predicted octanol–water partition coefficient (Wildman–Crippen LogP) is 5.87. The highest BCUT2D eigenvalue weighted by Gasteiger charge is 2.52. The maximum absolute atomic E-state index is 12.9. The molecule has 38 heavy (non-hydrogen) atoms. The second kappa shape index (κ2) is 10.1. The van der Waals surface area contributed by atoms with E-state index < -0.39 is 24.4 Å². The monoisotopic (exact) mass is 531 g/mol. The van der Waals surface area contributed by atoms with E-state index in [1.54, 1.807) is 18.2 Å². The molecule has 3 N–H and O–H groups in total. The Kier molecular flexibility index (Phi) is 6.98. The maximum atomic E-state index is 12.9. The summed E-state index contributed by atoms with van der Waals surface area (Å²) in [6.45, 7) is 8.26. The summed E-state index contributed by atoms with van der Waals surface area (Å²) in [5.74, 6) is -0.0209. The van der Waals surface area contributed by atoms with E-state index in [-0.39, 0.29) is 24.2 Å². The molecule has 0 radical (unpaired) electrons. The minimum absolute atomic E-state index is 0.0209. The van der Waals surface area contributed by atoms with Crippen LogP contribution in [-0.4, -0.2) is 42.5 Å². The summed E-state index contributed by atoms with van der Waals surface area (Å²) >= 11 is 6.13. The molecule has 0 spiro atoms. The van der Waals surface area contributed by atoms with E-state index in [0.29, 0.717) is 16.9 Å². The van der Waals surface area contributed by atoms with E-state index >= 15 is 0 Å². The second-order valence-corrected chi connectivity index (χ2v) is 11.0. The molecule has 3 aromatic rings. The zero-order valence-electron chi connectivity index (χ0n) is 22.0. The molecule has 2 aliphatic rings. The van der Waals surface area contributed by atoms with E-state index in [2.05, 4.69) is 34.6 Å². The molecule has 1 aliphatic carbocycles. The number of carbonyl (C=O) groups is 1. The highest BCUT2D eigenvalue weighted by molar-refractivity contribution is 6.56. The summed E-state index contributed by atoms with van der Waals surface area (Å²) < 4.78 is 18.2. The molecule has 7 nitrogen and oxygen atoms in total. The van der Waals surface area contributed by atoms with Crippen LogP contribution in [0.25, 0.3) is 17.2 Å². The lowest BCUT2D eigenvalue weighted by Crippen LogP contribution is -2.41. The van der Waals surface area contributed by atoms with Crippen molar-refractivity contribution < 1.29 is 18.8 Å². The number of hydrogen-bond donors (Lipinski definition) is 2. The summed E-state index contributed by atoms with van der Waals surface area (Å²) in [6, 6.07) is 19.9. The smallest absolute Gasteiger partial charge is 0.449 e. The van der Waals surface area contributed by atoms with Crippen LogP contribution in [0, 0.1) is 0 Å². The number of alkyl carbamates (subject to hydrolysis) is 1. The number of pyridine rings is 1. The third kappa shape index (κ3) is 5.04. The summed E-state index contributed by atoms with van der Waals surface area (Å²) in [5.41, 5.74) is 11.0. The number of nitrogens with one attached hydrogen (secondary N) is 1. The van der Waals surface area contributed by atoms with Gasteiger partial charge >= 0.3 is 13.2 Å². The van der Waals surface area contributed by atoms with Gasteiger partial charge in [-0.15, -0.1) is 0 Å².